The Balaban J connectivity index is 1.39. The van der Waals surface area contributed by atoms with Gasteiger partial charge in [-0.1, -0.05) is 64.2 Å². The van der Waals surface area contributed by atoms with Gasteiger partial charge in [-0.05, 0) is 36.1 Å². The van der Waals surface area contributed by atoms with Crippen molar-refractivity contribution in [3.63, 3.8) is 0 Å². The normalized spacial score (nSPS) is 24.2. The number of benzene rings is 2. The van der Waals surface area contributed by atoms with E-state index >= 15 is 4.39 Å². The molecule has 0 radical (unpaired) electrons. The zero-order valence-electron chi connectivity index (χ0n) is 20.5. The molecule has 4 rings (SSSR count). The average Bonchev–Trinajstić information content (AvgIpc) is 3.34. The fourth-order valence-corrected chi connectivity index (χ4v) is 5.12. The molecule has 1 fully saturated rings. The van der Waals surface area contributed by atoms with E-state index in [0.29, 0.717) is 0 Å². The molecule has 1 saturated carbocycles. The van der Waals surface area contributed by atoms with Crippen LogP contribution in [0.15, 0.2) is 41.6 Å². The van der Waals surface area contributed by atoms with E-state index < -0.39 is 66.4 Å². The van der Waals surface area contributed by atoms with Crippen LogP contribution in [0.4, 0.5) is 30.7 Å². The number of carbonyl (C=O) groups excluding carboxylic acids is 2. The lowest BCUT2D eigenvalue weighted by atomic mass is 9.68. The van der Waals surface area contributed by atoms with Crippen LogP contribution in [0.25, 0.3) is 0 Å². The summed E-state index contributed by atoms with van der Waals surface area (Å²) in [5.41, 5.74) is -4.91. The molecule has 2 aromatic carbocycles. The number of halogens is 10. The van der Waals surface area contributed by atoms with Gasteiger partial charge in [0.25, 0.3) is 5.60 Å². The second-order valence-corrected chi connectivity index (χ2v) is 10.8. The fraction of sp³-hybridized carbons (Fsp3) is 0.400. The number of carbonyl (C=O) groups is 2. The third-order valence-electron chi connectivity index (χ3n) is 6.79. The van der Waals surface area contributed by atoms with Gasteiger partial charge in [-0.3, -0.25) is 9.59 Å². The first-order chi connectivity index (χ1) is 18.9. The van der Waals surface area contributed by atoms with E-state index in [1.54, 1.807) is 5.32 Å². The van der Waals surface area contributed by atoms with Gasteiger partial charge >= 0.3 is 12.4 Å². The topological polar surface area (TPSA) is 79.8 Å². The lowest BCUT2D eigenvalue weighted by molar-refractivity contribution is -0.275. The summed E-state index contributed by atoms with van der Waals surface area (Å²) >= 11 is 17.7. The smallest absolute Gasteiger partial charge is 0.374 e. The zero-order chi connectivity index (χ0) is 30.4. The number of rotatable bonds is 7. The van der Waals surface area contributed by atoms with Crippen LogP contribution in [0.1, 0.15) is 36.0 Å². The van der Waals surface area contributed by atoms with Gasteiger partial charge in [0.05, 0.1) is 27.3 Å². The van der Waals surface area contributed by atoms with E-state index in [1.807, 2.05) is 0 Å². The van der Waals surface area contributed by atoms with Crippen molar-refractivity contribution in [3.05, 3.63) is 68.2 Å². The Morgan fingerprint density at radius 2 is 1.54 bits per heavy atom. The molecule has 1 heterocycles. The SMILES string of the molecule is O=C(CNC(=O)C1CC(F)(c2ccc(C3=NOC(c4cc(Cl)c(Cl)c(Cl)c4)(C(F)(F)F)C3)cc2)C1)NCC(F)(F)F. The summed E-state index contributed by atoms with van der Waals surface area (Å²) in [6.07, 6.45) is -10.8. The van der Waals surface area contributed by atoms with Gasteiger partial charge in [0.1, 0.15) is 12.2 Å². The van der Waals surface area contributed by atoms with Crippen molar-refractivity contribution in [2.75, 3.05) is 13.1 Å². The molecule has 0 spiro atoms. The Kier molecular flexibility index (Phi) is 8.47. The van der Waals surface area contributed by atoms with Gasteiger partial charge in [0.2, 0.25) is 11.8 Å². The van der Waals surface area contributed by atoms with Crippen LogP contribution in [0.3, 0.4) is 0 Å². The molecule has 0 saturated heterocycles. The van der Waals surface area contributed by atoms with Gasteiger partial charge in [0.15, 0.2) is 0 Å². The van der Waals surface area contributed by atoms with Crippen LogP contribution in [-0.4, -0.2) is 43.0 Å². The lowest BCUT2D eigenvalue weighted by Crippen LogP contribution is -2.48. The first-order valence-electron chi connectivity index (χ1n) is 11.8. The second-order valence-electron chi connectivity index (χ2n) is 9.64. The molecular formula is C25H19Cl3F7N3O3. The third-order valence-corrected chi connectivity index (χ3v) is 7.99. The molecule has 2 aromatic rings. The Labute approximate surface area is 243 Å². The maximum Gasteiger partial charge on any atom is 0.435 e. The minimum absolute atomic E-state index is 0.0707. The molecule has 41 heavy (non-hydrogen) atoms. The quantitative estimate of drug-likeness (QED) is 0.263. The first kappa shape index (κ1) is 31.2. The number of alkyl halides is 7. The molecule has 6 nitrogen and oxygen atoms in total. The minimum Gasteiger partial charge on any atom is -0.374 e. The van der Waals surface area contributed by atoms with Crippen LogP contribution in [0.5, 0.6) is 0 Å². The molecule has 0 aromatic heterocycles. The predicted octanol–water partition coefficient (Wildman–Crippen LogP) is 6.60. The summed E-state index contributed by atoms with van der Waals surface area (Å²) < 4.78 is 94.6. The predicted molar refractivity (Wildman–Crippen MR) is 135 cm³/mol. The summed E-state index contributed by atoms with van der Waals surface area (Å²) in [4.78, 5) is 28.6. The Hall–Kier alpha value is -2.77. The highest BCUT2D eigenvalue weighted by atomic mass is 35.5. The van der Waals surface area contributed by atoms with E-state index in [9.17, 15) is 35.9 Å². The average molecular weight is 649 g/mol. The summed E-state index contributed by atoms with van der Waals surface area (Å²) in [6.45, 7) is -2.24. The molecule has 1 atom stereocenters. The van der Waals surface area contributed by atoms with Gasteiger partial charge < -0.3 is 15.5 Å². The van der Waals surface area contributed by atoms with Crippen LogP contribution in [0, 0.1) is 5.92 Å². The Morgan fingerprint density at radius 1 is 0.951 bits per heavy atom. The molecule has 1 unspecified atom stereocenters. The summed E-state index contributed by atoms with van der Waals surface area (Å²) in [6, 6.07) is 7.42. The number of amides is 2. The summed E-state index contributed by atoms with van der Waals surface area (Å²) in [5.74, 6) is -2.57. The van der Waals surface area contributed by atoms with Gasteiger partial charge in [-0.15, -0.1) is 0 Å². The zero-order valence-corrected chi connectivity index (χ0v) is 22.8. The van der Waals surface area contributed by atoms with E-state index in [-0.39, 0.29) is 44.7 Å². The van der Waals surface area contributed by atoms with Crippen molar-refractivity contribution in [3.8, 4) is 0 Å². The molecule has 2 N–H and O–H groups in total. The number of hydrogen-bond donors (Lipinski definition) is 2. The minimum atomic E-state index is -4.93. The maximum absolute atomic E-state index is 15.4. The monoisotopic (exact) mass is 647 g/mol. The summed E-state index contributed by atoms with van der Waals surface area (Å²) in [7, 11) is 0. The molecular weight excluding hydrogens is 630 g/mol. The molecule has 0 bridgehead atoms. The number of oxime groups is 1. The molecule has 2 amide bonds. The highest BCUT2D eigenvalue weighted by Gasteiger charge is 2.62. The molecule has 2 aliphatic rings. The number of nitrogens with one attached hydrogen (secondary N) is 2. The highest BCUT2D eigenvalue weighted by molar-refractivity contribution is 6.48. The van der Waals surface area contributed by atoms with Crippen LogP contribution < -0.4 is 10.6 Å². The van der Waals surface area contributed by atoms with Crippen LogP contribution in [0.2, 0.25) is 15.1 Å². The largest absolute Gasteiger partial charge is 0.435 e. The third kappa shape index (κ3) is 6.51. The van der Waals surface area contributed by atoms with Gasteiger partial charge in [-0.2, -0.15) is 26.3 Å². The number of nitrogens with zero attached hydrogens (tertiary/aromatic N) is 1. The lowest BCUT2D eigenvalue weighted by Gasteiger charge is -2.40. The van der Waals surface area contributed by atoms with Crippen LogP contribution >= 0.6 is 34.8 Å². The van der Waals surface area contributed by atoms with Crippen molar-refractivity contribution in [2.45, 2.75) is 42.9 Å². The van der Waals surface area contributed by atoms with Gasteiger partial charge in [0, 0.05) is 17.9 Å². The molecule has 1 aliphatic heterocycles. The highest BCUT2D eigenvalue weighted by Crippen LogP contribution is 2.52. The Morgan fingerprint density at radius 3 is 2.07 bits per heavy atom. The van der Waals surface area contributed by atoms with E-state index in [1.165, 1.54) is 24.3 Å². The first-order valence-corrected chi connectivity index (χ1v) is 13.0. The standard InChI is InChI=1S/C25H19Cl3F7N3O3/c26-16-5-15(6-17(27)20(16)28)23(25(33,34)35)9-18(38-41-23)12-1-3-14(4-2-12)22(29)7-13(8-22)21(40)36-10-19(39)37-11-24(30,31)32/h1-6,13H,7-11H2,(H,36,40)(H,37,39). The Bertz CT molecular complexity index is 1350. The van der Waals surface area contributed by atoms with Crippen molar-refractivity contribution in [2.24, 2.45) is 11.1 Å². The van der Waals surface area contributed by atoms with Crippen molar-refractivity contribution in [1.82, 2.24) is 10.6 Å². The van der Waals surface area contributed by atoms with Crippen molar-refractivity contribution >= 4 is 52.3 Å². The second kappa shape index (κ2) is 11.1. The van der Waals surface area contributed by atoms with E-state index in [4.69, 9.17) is 39.6 Å². The molecule has 1 aliphatic carbocycles. The van der Waals surface area contributed by atoms with Gasteiger partial charge in [-0.25, -0.2) is 4.39 Å². The molecule has 222 valence electrons. The van der Waals surface area contributed by atoms with Crippen molar-refractivity contribution < 1.29 is 45.2 Å². The van der Waals surface area contributed by atoms with E-state index in [0.717, 1.165) is 12.1 Å². The van der Waals surface area contributed by atoms with E-state index in [2.05, 4.69) is 10.5 Å². The maximum atomic E-state index is 15.4. The number of hydrogen-bond acceptors (Lipinski definition) is 4. The fourth-order valence-electron chi connectivity index (χ4n) is 4.52. The van der Waals surface area contributed by atoms with Crippen molar-refractivity contribution in [1.29, 1.82) is 0 Å². The molecule has 16 heteroatoms. The summed E-state index contributed by atoms with van der Waals surface area (Å²) in [5, 5.41) is 6.89. The van der Waals surface area contributed by atoms with Crippen LogP contribution in [-0.2, 0) is 25.7 Å².